The average molecular weight is 254 g/mol. The molecule has 0 saturated heterocycles. The average Bonchev–Trinajstić information content (AvgIpc) is 2.42. The van der Waals surface area contributed by atoms with Crippen LogP contribution in [0.2, 0.25) is 0 Å². The van der Waals surface area contributed by atoms with Crippen molar-refractivity contribution in [1.29, 1.82) is 0 Å². The molecule has 0 radical (unpaired) electrons. The van der Waals surface area contributed by atoms with E-state index in [-0.39, 0.29) is 11.4 Å². The minimum atomic E-state index is -0.322. The van der Waals surface area contributed by atoms with Crippen LogP contribution < -0.4 is 5.63 Å². The normalized spacial score (nSPS) is 14.2. The molecular formula is C16H14O3. The first kappa shape index (κ1) is 11.9. The highest BCUT2D eigenvalue weighted by Crippen LogP contribution is 2.21. The molecule has 1 heterocycles. The highest BCUT2D eigenvalue weighted by Gasteiger charge is 2.21. The molecule has 0 unspecified atom stereocenters. The highest BCUT2D eigenvalue weighted by atomic mass is 16.4. The number of fused-ring (bicyclic) bond motifs is 1. The van der Waals surface area contributed by atoms with Gasteiger partial charge in [-0.2, -0.15) is 0 Å². The van der Waals surface area contributed by atoms with Gasteiger partial charge >= 0.3 is 5.63 Å². The number of hydrogen-bond acceptors (Lipinski definition) is 3. The molecule has 0 spiro atoms. The molecule has 2 aromatic rings. The van der Waals surface area contributed by atoms with Gasteiger partial charge in [0.2, 0.25) is 0 Å². The maximum Gasteiger partial charge on any atom is 0.339 e. The quantitative estimate of drug-likeness (QED) is 0.827. The van der Waals surface area contributed by atoms with Crippen LogP contribution in [0.25, 0.3) is 0 Å². The van der Waals surface area contributed by atoms with Gasteiger partial charge in [0.05, 0.1) is 5.56 Å². The number of benzene rings is 1. The molecule has 19 heavy (non-hydrogen) atoms. The Hall–Kier alpha value is -2.16. The predicted octanol–water partition coefficient (Wildman–Crippen LogP) is 2.75. The maximum absolute atomic E-state index is 11.9. The Kier molecular flexibility index (Phi) is 3.03. The molecule has 3 heteroatoms. The van der Waals surface area contributed by atoms with E-state index in [1.54, 1.807) is 6.07 Å². The van der Waals surface area contributed by atoms with Crippen molar-refractivity contribution in [3.05, 3.63) is 69.3 Å². The molecule has 0 fully saturated rings. The van der Waals surface area contributed by atoms with Crippen LogP contribution in [-0.2, 0) is 12.8 Å². The molecular weight excluding hydrogens is 240 g/mol. The minimum absolute atomic E-state index is 0.0827. The van der Waals surface area contributed by atoms with Crippen molar-refractivity contribution in [2.75, 3.05) is 0 Å². The van der Waals surface area contributed by atoms with E-state index in [0.29, 0.717) is 36.1 Å². The lowest BCUT2D eigenvalue weighted by atomic mass is 9.94. The number of rotatable bonds is 2. The fourth-order valence-electron chi connectivity index (χ4n) is 2.45. The second-order valence-corrected chi connectivity index (χ2v) is 4.84. The smallest absolute Gasteiger partial charge is 0.339 e. The summed E-state index contributed by atoms with van der Waals surface area (Å²) in [6.07, 6.45) is 2.50. The van der Waals surface area contributed by atoms with Crippen molar-refractivity contribution < 1.29 is 9.21 Å². The topological polar surface area (TPSA) is 47.3 Å². The minimum Gasteiger partial charge on any atom is -0.427 e. The fourth-order valence-corrected chi connectivity index (χ4v) is 2.45. The lowest BCUT2D eigenvalue weighted by molar-refractivity contribution is 0.0965. The van der Waals surface area contributed by atoms with Gasteiger partial charge < -0.3 is 4.42 Å². The Morgan fingerprint density at radius 3 is 2.63 bits per heavy atom. The lowest BCUT2D eigenvalue weighted by Gasteiger charge is -2.13. The van der Waals surface area contributed by atoms with Crippen LogP contribution in [0, 0.1) is 0 Å². The Morgan fingerprint density at radius 1 is 1.05 bits per heavy atom. The molecule has 0 saturated carbocycles. The van der Waals surface area contributed by atoms with E-state index >= 15 is 0 Å². The largest absolute Gasteiger partial charge is 0.427 e. The van der Waals surface area contributed by atoms with E-state index in [1.165, 1.54) is 0 Å². The molecule has 0 atom stereocenters. The third-order valence-corrected chi connectivity index (χ3v) is 3.44. The maximum atomic E-state index is 11.9. The predicted molar refractivity (Wildman–Crippen MR) is 71.5 cm³/mol. The zero-order valence-corrected chi connectivity index (χ0v) is 10.5. The standard InChI is InChI=1S/C16H14O3/c17-14-7-4-8-15-13(14)10-12(16(18)19-15)9-11-5-2-1-3-6-11/h1-3,5-6,10H,4,7-9H2. The third kappa shape index (κ3) is 2.36. The van der Waals surface area contributed by atoms with Gasteiger partial charge in [-0.25, -0.2) is 4.79 Å². The summed E-state index contributed by atoms with van der Waals surface area (Å²) in [6, 6.07) is 11.4. The van der Waals surface area contributed by atoms with Gasteiger partial charge in [0, 0.05) is 24.8 Å². The summed E-state index contributed by atoms with van der Waals surface area (Å²) in [5, 5.41) is 0. The van der Waals surface area contributed by atoms with Crippen LogP contribution >= 0.6 is 0 Å². The number of Topliss-reactive ketones (excluding diaryl/α,β-unsaturated/α-hetero) is 1. The van der Waals surface area contributed by atoms with E-state index in [1.807, 2.05) is 30.3 Å². The lowest BCUT2D eigenvalue weighted by Crippen LogP contribution is -2.18. The van der Waals surface area contributed by atoms with Crippen molar-refractivity contribution in [2.45, 2.75) is 25.7 Å². The Bertz CT molecular complexity index is 668. The molecule has 0 aliphatic heterocycles. The first-order valence-corrected chi connectivity index (χ1v) is 6.47. The van der Waals surface area contributed by atoms with Gasteiger partial charge in [-0.15, -0.1) is 0 Å². The summed E-state index contributed by atoms with van der Waals surface area (Å²) in [4.78, 5) is 23.8. The van der Waals surface area contributed by atoms with E-state index in [9.17, 15) is 9.59 Å². The van der Waals surface area contributed by atoms with Gasteiger partial charge in [0.1, 0.15) is 5.76 Å². The highest BCUT2D eigenvalue weighted by molar-refractivity contribution is 5.97. The molecule has 1 aliphatic carbocycles. The summed E-state index contributed by atoms with van der Waals surface area (Å²) in [7, 11) is 0. The van der Waals surface area contributed by atoms with Crippen molar-refractivity contribution >= 4 is 5.78 Å². The Balaban J connectivity index is 2.01. The van der Waals surface area contributed by atoms with Crippen molar-refractivity contribution in [2.24, 2.45) is 0 Å². The summed E-state index contributed by atoms with van der Waals surface area (Å²) in [5.74, 6) is 0.636. The van der Waals surface area contributed by atoms with Crippen LogP contribution in [0.3, 0.4) is 0 Å². The van der Waals surface area contributed by atoms with Crippen LogP contribution in [0.5, 0.6) is 0 Å². The Labute approximate surface area is 110 Å². The van der Waals surface area contributed by atoms with Gasteiger partial charge in [-0.05, 0) is 18.1 Å². The van der Waals surface area contributed by atoms with Crippen molar-refractivity contribution in [1.82, 2.24) is 0 Å². The van der Waals surface area contributed by atoms with E-state index in [0.717, 1.165) is 12.0 Å². The van der Waals surface area contributed by atoms with Crippen LogP contribution in [-0.4, -0.2) is 5.78 Å². The summed E-state index contributed by atoms with van der Waals surface area (Å²) < 4.78 is 5.30. The molecule has 3 rings (SSSR count). The number of hydrogen-bond donors (Lipinski definition) is 0. The third-order valence-electron chi connectivity index (χ3n) is 3.44. The van der Waals surface area contributed by atoms with E-state index < -0.39 is 0 Å². The monoisotopic (exact) mass is 254 g/mol. The molecule has 3 nitrogen and oxygen atoms in total. The Morgan fingerprint density at radius 2 is 1.84 bits per heavy atom. The second kappa shape index (κ2) is 4.84. The molecule has 1 aliphatic rings. The molecule has 1 aromatic heterocycles. The molecule has 96 valence electrons. The first-order chi connectivity index (χ1) is 9.24. The molecule has 0 bridgehead atoms. The van der Waals surface area contributed by atoms with Gasteiger partial charge in [0.15, 0.2) is 5.78 Å². The fraction of sp³-hybridized carbons (Fsp3) is 0.250. The van der Waals surface area contributed by atoms with Crippen LogP contribution in [0.4, 0.5) is 0 Å². The van der Waals surface area contributed by atoms with Gasteiger partial charge in [0.25, 0.3) is 0 Å². The van der Waals surface area contributed by atoms with Crippen LogP contribution in [0.1, 0.15) is 40.1 Å². The number of carbonyl (C=O) groups excluding carboxylic acids is 1. The second-order valence-electron chi connectivity index (χ2n) is 4.84. The summed E-state index contributed by atoms with van der Waals surface area (Å²) >= 11 is 0. The summed E-state index contributed by atoms with van der Waals surface area (Å²) in [6.45, 7) is 0. The molecule has 0 amide bonds. The van der Waals surface area contributed by atoms with Crippen LogP contribution in [0.15, 0.2) is 45.6 Å². The molecule has 1 aromatic carbocycles. The molecule has 0 N–H and O–H groups in total. The van der Waals surface area contributed by atoms with E-state index in [4.69, 9.17) is 4.42 Å². The zero-order valence-electron chi connectivity index (χ0n) is 10.5. The SMILES string of the molecule is O=C1CCCc2oc(=O)c(Cc3ccccc3)cc21. The summed E-state index contributed by atoms with van der Waals surface area (Å²) in [5.41, 5.74) is 1.87. The zero-order chi connectivity index (χ0) is 13.2. The van der Waals surface area contributed by atoms with Crippen molar-refractivity contribution in [3.8, 4) is 0 Å². The van der Waals surface area contributed by atoms with Gasteiger partial charge in [-0.1, -0.05) is 30.3 Å². The first-order valence-electron chi connectivity index (χ1n) is 6.47. The van der Waals surface area contributed by atoms with Gasteiger partial charge in [-0.3, -0.25) is 4.79 Å². The number of aryl methyl sites for hydroxylation is 1. The number of carbonyl (C=O) groups is 1. The number of ketones is 1. The van der Waals surface area contributed by atoms with Crippen molar-refractivity contribution in [3.63, 3.8) is 0 Å². The van der Waals surface area contributed by atoms with E-state index in [2.05, 4.69) is 0 Å².